The second kappa shape index (κ2) is 10.2. The Bertz CT molecular complexity index is 1580. The molecule has 37 heavy (non-hydrogen) atoms. The van der Waals surface area contributed by atoms with Gasteiger partial charge in [0, 0.05) is 34.5 Å². The van der Waals surface area contributed by atoms with Crippen LogP contribution >= 0.6 is 15.9 Å². The predicted molar refractivity (Wildman–Crippen MR) is 152 cm³/mol. The molecule has 0 aliphatic carbocycles. The molecule has 0 fully saturated rings. The van der Waals surface area contributed by atoms with E-state index in [0.29, 0.717) is 17.0 Å². The van der Waals surface area contributed by atoms with Gasteiger partial charge in [0.2, 0.25) is 0 Å². The molecular formula is C29H28BrN5O2. The minimum atomic E-state index is -0.318. The minimum absolute atomic E-state index is 0.241. The topological polar surface area (TPSA) is 76.2 Å². The number of nitrogens with one attached hydrogen (secondary N) is 1. The van der Waals surface area contributed by atoms with E-state index in [2.05, 4.69) is 65.1 Å². The standard InChI is InChI=1S/C29H28BrN5O2/c1-5-34(6-2)22-11-12-26(19(4)15-22)35-32-24-16-18(3)23(17-25(24)33-35)31-29(36)28-14-13-27(37-28)20-7-9-21(30)10-8-20/h7-17H,5-6H2,1-4H3,(H,31,36). The van der Waals surface area contributed by atoms with Crippen molar-refractivity contribution in [1.82, 2.24) is 15.0 Å². The van der Waals surface area contributed by atoms with Gasteiger partial charge in [0.15, 0.2) is 5.76 Å². The molecule has 1 amide bonds. The second-order valence-corrected chi connectivity index (χ2v) is 9.83. The number of carbonyl (C=O) groups excluding carboxylic acids is 1. The van der Waals surface area contributed by atoms with E-state index in [1.165, 1.54) is 5.69 Å². The Balaban J connectivity index is 1.39. The largest absolute Gasteiger partial charge is 0.451 e. The maximum absolute atomic E-state index is 13.0. The number of hydrogen-bond donors (Lipinski definition) is 1. The summed E-state index contributed by atoms with van der Waals surface area (Å²) in [6.45, 7) is 10.2. The number of halogens is 1. The van der Waals surface area contributed by atoms with Crippen molar-refractivity contribution in [3.8, 4) is 17.0 Å². The average molecular weight is 558 g/mol. The van der Waals surface area contributed by atoms with Gasteiger partial charge in [-0.3, -0.25) is 4.79 Å². The number of aromatic nitrogens is 3. The maximum Gasteiger partial charge on any atom is 0.291 e. The summed E-state index contributed by atoms with van der Waals surface area (Å²) >= 11 is 3.43. The van der Waals surface area contributed by atoms with Crippen molar-refractivity contribution < 1.29 is 9.21 Å². The Morgan fingerprint density at radius 2 is 1.62 bits per heavy atom. The van der Waals surface area contributed by atoms with E-state index >= 15 is 0 Å². The van der Waals surface area contributed by atoms with E-state index in [1.807, 2.05) is 43.3 Å². The highest BCUT2D eigenvalue weighted by molar-refractivity contribution is 9.10. The van der Waals surface area contributed by atoms with Crippen molar-refractivity contribution in [2.75, 3.05) is 23.3 Å². The molecule has 8 heteroatoms. The number of carbonyl (C=O) groups is 1. The van der Waals surface area contributed by atoms with Crippen LogP contribution in [-0.4, -0.2) is 34.0 Å². The Labute approximate surface area is 224 Å². The van der Waals surface area contributed by atoms with Crippen molar-refractivity contribution in [1.29, 1.82) is 0 Å². The first kappa shape index (κ1) is 24.8. The molecule has 0 spiro atoms. The number of hydrogen-bond acceptors (Lipinski definition) is 5. The van der Waals surface area contributed by atoms with Gasteiger partial charge in [-0.1, -0.05) is 28.1 Å². The number of benzene rings is 3. The zero-order chi connectivity index (χ0) is 26.1. The number of aryl methyl sites for hydroxylation is 2. The van der Waals surface area contributed by atoms with Gasteiger partial charge in [-0.2, -0.15) is 4.80 Å². The van der Waals surface area contributed by atoms with Gasteiger partial charge >= 0.3 is 0 Å². The molecule has 2 aromatic heterocycles. The number of rotatable bonds is 7. The van der Waals surface area contributed by atoms with Crippen LogP contribution in [0.3, 0.4) is 0 Å². The van der Waals surface area contributed by atoms with Crippen LogP contribution in [0.2, 0.25) is 0 Å². The predicted octanol–water partition coefficient (Wildman–Crippen LogP) is 7.16. The molecule has 0 aliphatic rings. The summed E-state index contributed by atoms with van der Waals surface area (Å²) in [7, 11) is 0. The second-order valence-electron chi connectivity index (χ2n) is 8.91. The first-order valence-corrected chi connectivity index (χ1v) is 13.1. The molecule has 0 bridgehead atoms. The molecule has 0 unspecified atom stereocenters. The number of anilines is 2. The monoisotopic (exact) mass is 557 g/mol. The molecule has 188 valence electrons. The molecule has 0 aliphatic heterocycles. The Hall–Kier alpha value is -3.91. The number of furan rings is 1. The molecule has 5 aromatic rings. The van der Waals surface area contributed by atoms with Crippen LogP contribution in [0.5, 0.6) is 0 Å². The van der Waals surface area contributed by atoms with E-state index in [9.17, 15) is 4.79 Å². The highest BCUT2D eigenvalue weighted by Crippen LogP contribution is 2.27. The first-order chi connectivity index (χ1) is 17.9. The summed E-state index contributed by atoms with van der Waals surface area (Å²) in [6, 6.07) is 21.3. The Kier molecular flexibility index (Phi) is 6.84. The zero-order valence-electron chi connectivity index (χ0n) is 21.2. The lowest BCUT2D eigenvalue weighted by Crippen LogP contribution is -2.21. The number of amides is 1. The highest BCUT2D eigenvalue weighted by atomic mass is 79.9. The van der Waals surface area contributed by atoms with Gasteiger partial charge in [-0.05, 0) is 93.4 Å². The summed E-state index contributed by atoms with van der Waals surface area (Å²) < 4.78 is 6.81. The summed E-state index contributed by atoms with van der Waals surface area (Å²) in [5.41, 5.74) is 7.12. The summed E-state index contributed by atoms with van der Waals surface area (Å²) in [5, 5.41) is 12.4. The molecule has 0 atom stereocenters. The molecule has 0 saturated heterocycles. The molecule has 1 N–H and O–H groups in total. The fraction of sp³-hybridized carbons (Fsp3) is 0.207. The van der Waals surface area contributed by atoms with Crippen LogP contribution in [0.4, 0.5) is 11.4 Å². The van der Waals surface area contributed by atoms with Crippen LogP contribution in [0.1, 0.15) is 35.5 Å². The van der Waals surface area contributed by atoms with E-state index in [0.717, 1.165) is 45.5 Å². The van der Waals surface area contributed by atoms with Crippen LogP contribution in [0.15, 0.2) is 75.6 Å². The summed E-state index contributed by atoms with van der Waals surface area (Å²) in [5.74, 6) is 0.557. The van der Waals surface area contributed by atoms with Crippen molar-refractivity contribution in [2.45, 2.75) is 27.7 Å². The third-order valence-corrected chi connectivity index (χ3v) is 6.99. The van der Waals surface area contributed by atoms with E-state index in [4.69, 9.17) is 14.6 Å². The van der Waals surface area contributed by atoms with Gasteiger partial charge in [0.05, 0.1) is 5.69 Å². The minimum Gasteiger partial charge on any atom is -0.451 e. The SMILES string of the molecule is CCN(CC)c1ccc(-n2nc3cc(C)c(NC(=O)c4ccc(-c5ccc(Br)cc5)o4)cc3n2)c(C)c1. The average Bonchev–Trinajstić information content (AvgIpc) is 3.53. The van der Waals surface area contributed by atoms with Gasteiger partial charge in [-0.15, -0.1) is 10.2 Å². The van der Waals surface area contributed by atoms with Gasteiger partial charge in [-0.25, -0.2) is 0 Å². The lowest BCUT2D eigenvalue weighted by Gasteiger charge is -2.22. The molecule has 3 aromatic carbocycles. The van der Waals surface area contributed by atoms with E-state index in [1.54, 1.807) is 16.9 Å². The molecule has 0 radical (unpaired) electrons. The van der Waals surface area contributed by atoms with Crippen LogP contribution < -0.4 is 10.2 Å². The number of fused-ring (bicyclic) bond motifs is 1. The normalized spacial score (nSPS) is 11.2. The van der Waals surface area contributed by atoms with Crippen molar-refractivity contribution >= 4 is 44.2 Å². The molecule has 7 nitrogen and oxygen atoms in total. The van der Waals surface area contributed by atoms with Crippen molar-refractivity contribution in [3.05, 3.63) is 88.1 Å². The Morgan fingerprint density at radius 1 is 0.919 bits per heavy atom. The van der Waals surface area contributed by atoms with Crippen molar-refractivity contribution in [3.63, 3.8) is 0 Å². The van der Waals surface area contributed by atoms with Crippen LogP contribution in [-0.2, 0) is 0 Å². The molecular weight excluding hydrogens is 530 g/mol. The maximum atomic E-state index is 13.0. The first-order valence-electron chi connectivity index (χ1n) is 12.3. The molecule has 2 heterocycles. The molecule has 5 rings (SSSR count). The fourth-order valence-corrected chi connectivity index (χ4v) is 4.64. The van der Waals surface area contributed by atoms with E-state index < -0.39 is 0 Å². The summed E-state index contributed by atoms with van der Waals surface area (Å²) in [6.07, 6.45) is 0. The van der Waals surface area contributed by atoms with Crippen molar-refractivity contribution in [2.24, 2.45) is 0 Å². The van der Waals surface area contributed by atoms with Gasteiger partial charge in [0.25, 0.3) is 5.91 Å². The summed E-state index contributed by atoms with van der Waals surface area (Å²) in [4.78, 5) is 16.9. The fourth-order valence-electron chi connectivity index (χ4n) is 4.37. The third kappa shape index (κ3) is 5.02. The lowest BCUT2D eigenvalue weighted by atomic mass is 10.1. The zero-order valence-corrected chi connectivity index (χ0v) is 22.8. The van der Waals surface area contributed by atoms with E-state index in [-0.39, 0.29) is 11.7 Å². The highest BCUT2D eigenvalue weighted by Gasteiger charge is 2.16. The van der Waals surface area contributed by atoms with Gasteiger partial charge < -0.3 is 14.6 Å². The van der Waals surface area contributed by atoms with Crippen LogP contribution in [0, 0.1) is 13.8 Å². The lowest BCUT2D eigenvalue weighted by molar-refractivity contribution is 0.0997. The van der Waals surface area contributed by atoms with Crippen LogP contribution in [0.25, 0.3) is 28.0 Å². The number of nitrogens with zero attached hydrogens (tertiary/aromatic N) is 4. The molecule has 0 saturated carbocycles. The smallest absolute Gasteiger partial charge is 0.291 e. The van der Waals surface area contributed by atoms with Gasteiger partial charge in [0.1, 0.15) is 16.8 Å². The Morgan fingerprint density at radius 3 is 2.30 bits per heavy atom. The third-order valence-electron chi connectivity index (χ3n) is 6.46. The quantitative estimate of drug-likeness (QED) is 0.230.